The second kappa shape index (κ2) is 6.17. The van der Waals surface area contributed by atoms with E-state index in [9.17, 15) is 9.59 Å². The molecule has 0 spiro atoms. The van der Waals surface area contributed by atoms with Gasteiger partial charge in [0.15, 0.2) is 4.77 Å². The Morgan fingerprint density at radius 1 is 1.35 bits per heavy atom. The van der Waals surface area contributed by atoms with Crippen molar-refractivity contribution >= 4 is 29.0 Å². The predicted octanol–water partition coefficient (Wildman–Crippen LogP) is 1.72. The molecule has 0 radical (unpaired) electrons. The summed E-state index contributed by atoms with van der Waals surface area (Å²) < 4.78 is 2.89. The van der Waals surface area contributed by atoms with Crippen LogP contribution in [-0.2, 0) is 11.3 Å². The number of aryl methyl sites for hydroxylation is 2. The van der Waals surface area contributed by atoms with Crippen LogP contribution in [0.3, 0.4) is 0 Å². The van der Waals surface area contributed by atoms with Gasteiger partial charge in [0.05, 0.1) is 16.6 Å². The number of fused-ring (bicyclic) bond motifs is 1. The van der Waals surface area contributed by atoms with Gasteiger partial charge in [-0.05, 0) is 37.3 Å². The highest BCUT2D eigenvalue weighted by molar-refractivity contribution is 7.71. The smallest absolute Gasteiger partial charge is 0.281 e. The molecule has 0 saturated carbocycles. The van der Waals surface area contributed by atoms with Gasteiger partial charge in [0, 0.05) is 19.2 Å². The molecule has 0 saturated heterocycles. The quantitative estimate of drug-likeness (QED) is 0.714. The lowest BCUT2D eigenvalue weighted by Crippen LogP contribution is -2.34. The average Bonchev–Trinajstić information content (AvgIpc) is 2.95. The summed E-state index contributed by atoms with van der Waals surface area (Å²) in [6, 6.07) is 8.87. The molecule has 2 heterocycles. The Labute approximate surface area is 136 Å². The number of carbonyl (C=O) groups is 1. The highest BCUT2D eigenvalue weighted by Gasteiger charge is 2.09. The topological polar surface area (TPSA) is 84.7 Å². The van der Waals surface area contributed by atoms with Crippen molar-refractivity contribution in [3.63, 3.8) is 0 Å². The molecule has 0 atom stereocenters. The van der Waals surface area contributed by atoms with Crippen molar-refractivity contribution < 1.29 is 4.79 Å². The molecule has 118 valence electrons. The maximum Gasteiger partial charge on any atom is 0.281 e. The zero-order valence-electron chi connectivity index (χ0n) is 12.4. The van der Waals surface area contributed by atoms with Gasteiger partial charge in [-0.3, -0.25) is 19.7 Å². The van der Waals surface area contributed by atoms with E-state index in [1.165, 1.54) is 0 Å². The lowest BCUT2D eigenvalue weighted by molar-refractivity contribution is -0.117. The van der Waals surface area contributed by atoms with Crippen LogP contribution in [0.5, 0.6) is 0 Å². The first kappa shape index (κ1) is 15.2. The molecule has 2 N–H and O–H groups in total. The third-order valence-electron chi connectivity index (χ3n) is 3.38. The number of benzene rings is 1. The summed E-state index contributed by atoms with van der Waals surface area (Å²) >= 11 is 5.14. The van der Waals surface area contributed by atoms with E-state index in [-0.39, 0.29) is 22.7 Å². The van der Waals surface area contributed by atoms with E-state index in [1.807, 2.05) is 19.1 Å². The Kier molecular flexibility index (Phi) is 4.07. The van der Waals surface area contributed by atoms with E-state index in [0.29, 0.717) is 17.4 Å². The van der Waals surface area contributed by atoms with Gasteiger partial charge in [-0.1, -0.05) is 12.1 Å². The van der Waals surface area contributed by atoms with Crippen LogP contribution in [0.2, 0.25) is 0 Å². The molecule has 0 bridgehead atoms. The molecular formula is C15H15N5O2S. The van der Waals surface area contributed by atoms with E-state index in [2.05, 4.69) is 15.5 Å². The Hall–Kier alpha value is -2.74. The van der Waals surface area contributed by atoms with Crippen molar-refractivity contribution in [1.82, 2.24) is 19.4 Å². The van der Waals surface area contributed by atoms with Gasteiger partial charge in [-0.25, -0.2) is 0 Å². The molecule has 3 rings (SSSR count). The van der Waals surface area contributed by atoms with Crippen LogP contribution in [0.4, 0.5) is 0 Å². The number of hydrogen-bond acceptors (Lipinski definition) is 4. The first-order chi connectivity index (χ1) is 11.0. The van der Waals surface area contributed by atoms with E-state index in [0.717, 1.165) is 10.4 Å². The minimum Gasteiger partial charge on any atom is -0.330 e. The lowest BCUT2D eigenvalue weighted by atomic mass is 10.2. The van der Waals surface area contributed by atoms with Crippen molar-refractivity contribution in [1.29, 1.82) is 0 Å². The van der Waals surface area contributed by atoms with Gasteiger partial charge in [-0.15, -0.1) is 0 Å². The number of H-pyrrole nitrogens is 1. The zero-order chi connectivity index (χ0) is 16.4. The van der Waals surface area contributed by atoms with Crippen molar-refractivity contribution in [3.05, 3.63) is 57.3 Å². The second-order valence-corrected chi connectivity index (χ2v) is 5.51. The molecule has 0 aliphatic carbocycles. The fraction of sp³-hybridized carbons (Fsp3) is 0.200. The highest BCUT2D eigenvalue weighted by atomic mass is 32.1. The van der Waals surface area contributed by atoms with Crippen molar-refractivity contribution in [2.24, 2.45) is 0 Å². The zero-order valence-corrected chi connectivity index (χ0v) is 13.3. The fourth-order valence-electron chi connectivity index (χ4n) is 2.25. The van der Waals surface area contributed by atoms with Gasteiger partial charge < -0.3 is 4.98 Å². The number of para-hydroxylation sites is 1. The van der Waals surface area contributed by atoms with E-state index in [4.69, 9.17) is 12.2 Å². The fourth-order valence-corrected chi connectivity index (χ4v) is 2.49. The molecule has 2 aromatic heterocycles. The maximum absolute atomic E-state index is 12.4. The molecule has 8 heteroatoms. The summed E-state index contributed by atoms with van der Waals surface area (Å²) in [7, 11) is 0. The van der Waals surface area contributed by atoms with Gasteiger partial charge in [0.25, 0.3) is 5.56 Å². The third-order valence-corrected chi connectivity index (χ3v) is 3.67. The number of hydrogen-bond donors (Lipinski definition) is 2. The lowest BCUT2D eigenvalue weighted by Gasteiger charge is -2.09. The Bertz CT molecular complexity index is 985. The molecule has 0 fully saturated rings. The minimum atomic E-state index is -0.354. The second-order valence-electron chi connectivity index (χ2n) is 5.12. The number of carbonyl (C=O) groups excluding carboxylic acids is 1. The maximum atomic E-state index is 12.4. The van der Waals surface area contributed by atoms with Crippen LogP contribution < -0.4 is 11.0 Å². The molecule has 3 aromatic rings. The van der Waals surface area contributed by atoms with Crippen LogP contribution in [0.25, 0.3) is 10.9 Å². The van der Waals surface area contributed by atoms with E-state index in [1.54, 1.807) is 29.1 Å². The molecular weight excluding hydrogens is 314 g/mol. The van der Waals surface area contributed by atoms with Crippen molar-refractivity contribution in [2.45, 2.75) is 19.9 Å². The van der Waals surface area contributed by atoms with Crippen molar-refractivity contribution in [2.75, 3.05) is 5.43 Å². The largest absolute Gasteiger partial charge is 0.330 e. The Morgan fingerprint density at radius 3 is 2.87 bits per heavy atom. The number of nitrogens with zero attached hydrogens (tertiary/aromatic N) is 3. The Morgan fingerprint density at radius 2 is 2.13 bits per heavy atom. The van der Waals surface area contributed by atoms with Gasteiger partial charge in [0.1, 0.15) is 0 Å². The number of rotatable bonds is 4. The summed E-state index contributed by atoms with van der Waals surface area (Å²) in [5.41, 5.74) is 3.71. The number of amides is 1. The Balaban J connectivity index is 1.79. The molecule has 0 unspecified atom stereocenters. The third kappa shape index (κ3) is 3.21. The summed E-state index contributed by atoms with van der Waals surface area (Å²) in [4.78, 5) is 27.4. The predicted molar refractivity (Wildman–Crippen MR) is 89.3 cm³/mol. The van der Waals surface area contributed by atoms with E-state index < -0.39 is 0 Å². The van der Waals surface area contributed by atoms with Crippen molar-refractivity contribution in [3.8, 4) is 0 Å². The number of aromatic nitrogens is 4. The van der Waals surface area contributed by atoms with Crippen LogP contribution in [-0.4, -0.2) is 25.3 Å². The monoisotopic (exact) mass is 329 g/mol. The van der Waals surface area contributed by atoms with Crippen LogP contribution in [0.1, 0.15) is 12.1 Å². The molecule has 23 heavy (non-hydrogen) atoms. The van der Waals surface area contributed by atoms with Crippen LogP contribution >= 0.6 is 12.2 Å². The molecule has 1 amide bonds. The summed E-state index contributed by atoms with van der Waals surface area (Å²) in [6.07, 6.45) is 1.99. The molecule has 0 aliphatic rings. The first-order valence-corrected chi connectivity index (χ1v) is 7.49. The molecule has 0 aliphatic heterocycles. The van der Waals surface area contributed by atoms with Crippen LogP contribution in [0.15, 0.2) is 41.3 Å². The standard InChI is InChI=1S/C15H15N5O2S/c1-10-6-8-19(17-10)9-7-13(21)18-20-14(22)11-4-2-3-5-12(11)16-15(20)23/h2-6,8H,7,9H2,1H3,(H,16,23)(H,18,21). The summed E-state index contributed by atoms with van der Waals surface area (Å²) in [5.74, 6) is -0.310. The number of nitrogens with one attached hydrogen (secondary N) is 2. The first-order valence-electron chi connectivity index (χ1n) is 7.08. The van der Waals surface area contributed by atoms with Gasteiger partial charge in [0.2, 0.25) is 5.91 Å². The average molecular weight is 329 g/mol. The van der Waals surface area contributed by atoms with Gasteiger partial charge >= 0.3 is 0 Å². The molecule has 7 nitrogen and oxygen atoms in total. The number of aromatic amines is 1. The highest BCUT2D eigenvalue weighted by Crippen LogP contribution is 2.05. The summed E-state index contributed by atoms with van der Waals surface area (Å²) in [6.45, 7) is 2.31. The SMILES string of the molecule is Cc1ccn(CCC(=O)Nn2c(=S)[nH]c3ccccc3c2=O)n1. The normalized spacial score (nSPS) is 10.8. The summed E-state index contributed by atoms with van der Waals surface area (Å²) in [5, 5.41) is 4.67. The minimum absolute atomic E-state index is 0.150. The molecule has 1 aromatic carbocycles. The van der Waals surface area contributed by atoms with E-state index >= 15 is 0 Å². The van der Waals surface area contributed by atoms with Gasteiger partial charge in [-0.2, -0.15) is 9.77 Å². The van der Waals surface area contributed by atoms with Crippen LogP contribution in [0, 0.1) is 11.7 Å².